The van der Waals surface area contributed by atoms with Gasteiger partial charge < -0.3 is 10.3 Å². The highest BCUT2D eigenvalue weighted by molar-refractivity contribution is 5.12. The molecule has 0 aliphatic heterocycles. The number of hydrogen-bond donors (Lipinski definition) is 2. The first kappa shape index (κ1) is 10.9. The molecule has 0 aromatic carbocycles. The van der Waals surface area contributed by atoms with E-state index >= 15 is 0 Å². The van der Waals surface area contributed by atoms with Gasteiger partial charge in [0.25, 0.3) is 0 Å². The molecule has 0 atom stereocenters. The van der Waals surface area contributed by atoms with Crippen LogP contribution in [0.4, 0.5) is 0 Å². The van der Waals surface area contributed by atoms with Crippen LogP contribution in [-0.2, 0) is 12.8 Å². The van der Waals surface area contributed by atoms with Gasteiger partial charge >= 0.3 is 0 Å². The lowest BCUT2D eigenvalue weighted by Gasteiger charge is -2.00. The Balaban J connectivity index is 2.14. The first-order chi connectivity index (χ1) is 6.86. The number of aromatic amines is 1. The van der Waals surface area contributed by atoms with Crippen molar-refractivity contribution >= 4 is 0 Å². The van der Waals surface area contributed by atoms with Crippen molar-refractivity contribution in [2.45, 2.75) is 32.6 Å². The molecule has 1 aromatic rings. The number of hydrogen-bond acceptors (Lipinski definition) is 1. The van der Waals surface area contributed by atoms with Crippen LogP contribution in [-0.4, -0.2) is 11.5 Å². The lowest BCUT2D eigenvalue weighted by molar-refractivity contribution is 0.689. The Bertz CT molecular complexity index is 263. The number of aryl methyl sites for hydroxylation is 2. The predicted octanol–water partition coefficient (Wildman–Crippen LogP) is 2.63. The van der Waals surface area contributed by atoms with Gasteiger partial charge in [-0.1, -0.05) is 13.5 Å². The molecule has 0 saturated heterocycles. The molecule has 0 amide bonds. The third-order valence-corrected chi connectivity index (χ3v) is 2.35. The van der Waals surface area contributed by atoms with Crippen molar-refractivity contribution in [1.29, 1.82) is 0 Å². The largest absolute Gasteiger partial charge is 0.391 e. The van der Waals surface area contributed by atoms with Gasteiger partial charge in [-0.25, -0.2) is 0 Å². The Kier molecular flexibility index (Phi) is 4.90. The molecule has 1 aromatic heterocycles. The molecule has 2 nitrogen and oxygen atoms in total. The number of rotatable bonds is 7. The zero-order valence-corrected chi connectivity index (χ0v) is 8.97. The van der Waals surface area contributed by atoms with E-state index in [-0.39, 0.29) is 0 Å². The normalized spacial score (nSPS) is 10.1. The van der Waals surface area contributed by atoms with Crippen LogP contribution in [0.2, 0.25) is 0 Å². The number of H-pyrrole nitrogens is 1. The summed E-state index contributed by atoms with van der Waals surface area (Å²) in [6.45, 7) is 6.82. The summed E-state index contributed by atoms with van der Waals surface area (Å²) in [6.07, 6.45) is 6.43. The second-order valence-corrected chi connectivity index (χ2v) is 3.48. The lowest BCUT2D eigenvalue weighted by atomic mass is 10.2. The fraction of sp³-hybridized carbons (Fsp3) is 0.500. The standard InChI is InChI=1S/C12H20N2/c1-3-11-8-9-12(14-11)7-5-6-10-13-4-2/h4,8-9,13-14H,2-3,5-7,10H2,1H3. The number of nitrogens with one attached hydrogen (secondary N) is 2. The SMILES string of the molecule is C=CNCCCCc1ccc(CC)[nH]1. The van der Waals surface area contributed by atoms with E-state index in [9.17, 15) is 0 Å². The van der Waals surface area contributed by atoms with E-state index in [2.05, 4.69) is 35.9 Å². The van der Waals surface area contributed by atoms with Gasteiger partial charge in [0.2, 0.25) is 0 Å². The lowest BCUT2D eigenvalue weighted by Crippen LogP contribution is -2.06. The van der Waals surface area contributed by atoms with Gasteiger partial charge in [0.1, 0.15) is 0 Å². The molecule has 0 aliphatic carbocycles. The average molecular weight is 192 g/mol. The van der Waals surface area contributed by atoms with Crippen LogP contribution in [0.25, 0.3) is 0 Å². The molecular weight excluding hydrogens is 172 g/mol. The van der Waals surface area contributed by atoms with Crippen molar-refractivity contribution in [2.24, 2.45) is 0 Å². The molecule has 1 heterocycles. The van der Waals surface area contributed by atoms with Crippen LogP contribution in [0.15, 0.2) is 24.9 Å². The monoisotopic (exact) mass is 192 g/mol. The van der Waals surface area contributed by atoms with E-state index in [1.54, 1.807) is 6.20 Å². The van der Waals surface area contributed by atoms with E-state index in [0.717, 1.165) is 19.4 Å². The fourth-order valence-corrected chi connectivity index (χ4v) is 1.49. The van der Waals surface area contributed by atoms with Crippen LogP contribution in [0.5, 0.6) is 0 Å². The second-order valence-electron chi connectivity index (χ2n) is 3.48. The number of unbranched alkanes of at least 4 members (excludes halogenated alkanes) is 1. The third-order valence-electron chi connectivity index (χ3n) is 2.35. The molecule has 0 radical (unpaired) electrons. The van der Waals surface area contributed by atoms with Crippen LogP contribution in [0.1, 0.15) is 31.2 Å². The zero-order valence-electron chi connectivity index (χ0n) is 8.97. The molecule has 0 aliphatic rings. The van der Waals surface area contributed by atoms with Gasteiger partial charge in [-0.3, -0.25) is 0 Å². The molecule has 0 fully saturated rings. The van der Waals surface area contributed by atoms with Gasteiger partial charge in [0, 0.05) is 17.9 Å². The van der Waals surface area contributed by atoms with E-state index < -0.39 is 0 Å². The zero-order chi connectivity index (χ0) is 10.2. The maximum Gasteiger partial charge on any atom is 0.0149 e. The van der Waals surface area contributed by atoms with Gasteiger partial charge in [0.15, 0.2) is 0 Å². The van der Waals surface area contributed by atoms with E-state index in [0.29, 0.717) is 0 Å². The molecule has 0 spiro atoms. The van der Waals surface area contributed by atoms with Crippen LogP contribution in [0.3, 0.4) is 0 Å². The van der Waals surface area contributed by atoms with Crippen LogP contribution in [0, 0.1) is 0 Å². The second kappa shape index (κ2) is 6.30. The highest BCUT2D eigenvalue weighted by Crippen LogP contribution is 2.06. The molecule has 1 rings (SSSR count). The maximum absolute atomic E-state index is 3.61. The summed E-state index contributed by atoms with van der Waals surface area (Å²) in [6, 6.07) is 4.37. The van der Waals surface area contributed by atoms with Crippen molar-refractivity contribution in [3.8, 4) is 0 Å². The minimum atomic E-state index is 1.03. The van der Waals surface area contributed by atoms with E-state index in [4.69, 9.17) is 0 Å². The summed E-state index contributed by atoms with van der Waals surface area (Å²) in [7, 11) is 0. The Morgan fingerprint density at radius 2 is 2.14 bits per heavy atom. The Labute approximate surface area is 86.4 Å². The van der Waals surface area contributed by atoms with Crippen molar-refractivity contribution in [2.75, 3.05) is 6.54 Å². The summed E-state index contributed by atoms with van der Waals surface area (Å²) < 4.78 is 0. The summed E-state index contributed by atoms with van der Waals surface area (Å²) in [5, 5.41) is 3.10. The summed E-state index contributed by atoms with van der Waals surface area (Å²) in [4.78, 5) is 3.41. The fourth-order valence-electron chi connectivity index (χ4n) is 1.49. The summed E-state index contributed by atoms with van der Waals surface area (Å²) in [5.41, 5.74) is 2.70. The van der Waals surface area contributed by atoms with Gasteiger partial charge in [-0.15, -0.1) is 0 Å². The molecule has 0 unspecified atom stereocenters. The van der Waals surface area contributed by atoms with E-state index in [1.165, 1.54) is 24.2 Å². The van der Waals surface area contributed by atoms with Gasteiger partial charge in [0.05, 0.1) is 0 Å². The van der Waals surface area contributed by atoms with Crippen molar-refractivity contribution < 1.29 is 0 Å². The van der Waals surface area contributed by atoms with Crippen molar-refractivity contribution in [1.82, 2.24) is 10.3 Å². The van der Waals surface area contributed by atoms with Crippen LogP contribution < -0.4 is 5.32 Å². The molecule has 14 heavy (non-hydrogen) atoms. The highest BCUT2D eigenvalue weighted by Gasteiger charge is 1.96. The molecule has 78 valence electrons. The first-order valence-corrected chi connectivity index (χ1v) is 5.38. The molecule has 0 bridgehead atoms. The number of aromatic nitrogens is 1. The van der Waals surface area contributed by atoms with Crippen molar-refractivity contribution in [3.63, 3.8) is 0 Å². The molecule has 2 N–H and O–H groups in total. The Morgan fingerprint density at radius 3 is 2.79 bits per heavy atom. The molecule has 0 saturated carbocycles. The topological polar surface area (TPSA) is 27.8 Å². The molecular formula is C12H20N2. The minimum absolute atomic E-state index is 1.03. The smallest absolute Gasteiger partial charge is 0.0149 e. The summed E-state index contributed by atoms with van der Waals surface area (Å²) in [5.74, 6) is 0. The maximum atomic E-state index is 3.61. The predicted molar refractivity (Wildman–Crippen MR) is 61.3 cm³/mol. The van der Waals surface area contributed by atoms with Crippen molar-refractivity contribution in [3.05, 3.63) is 36.3 Å². The quantitative estimate of drug-likeness (QED) is 0.639. The molecule has 2 heteroatoms. The third kappa shape index (κ3) is 3.69. The minimum Gasteiger partial charge on any atom is -0.391 e. The highest BCUT2D eigenvalue weighted by atomic mass is 14.8. The van der Waals surface area contributed by atoms with Gasteiger partial charge in [-0.2, -0.15) is 0 Å². The average Bonchev–Trinajstić information content (AvgIpc) is 2.65. The Hall–Kier alpha value is -1.18. The van der Waals surface area contributed by atoms with E-state index in [1.807, 2.05) is 0 Å². The first-order valence-electron chi connectivity index (χ1n) is 5.38. The summed E-state index contributed by atoms with van der Waals surface area (Å²) >= 11 is 0. The van der Waals surface area contributed by atoms with Crippen LogP contribution >= 0.6 is 0 Å². The Morgan fingerprint density at radius 1 is 1.36 bits per heavy atom. The van der Waals surface area contributed by atoms with Gasteiger partial charge in [-0.05, 0) is 44.0 Å².